The number of nitriles is 1. The minimum Gasteiger partial charge on any atom is -0.508 e. The standard InChI is InChI=1S/C29H32N6O3.2C29H35N5O4/c1-3-15-38-29-31-25-19-33(26-17-22(36)16-20-7-5-6-8-23(20)26)12-10-24(25)28(32-29)34-13-14-35(27(37)4-2)21(18-34)9-11-30;1-3-15-38-29-30-25-19-32(26-17-22(36)16-20-7-5-6-8-23(20)26)11-9-24(25)28(31-29)33-12-13-34(27(37)4-2)21(18-33)10-14-35;1-3-15-38-29-30-25-19-32(26-17-22(36)16-20-7-5-6-8-23(20)26)11-9-24(25)28(31-29)34-13-12-33(27(37)4-2)18-21(34)10-14-35/h4-8,16-17,21,36H,2-3,9-10,12-15,18-19H2,1H3;2*4-8,16-17,21,35-36H,2-3,9-15,18-19H2,1H3. The van der Waals surface area contributed by atoms with Crippen LogP contribution in [0.5, 0.6) is 35.3 Å². The number of aromatic nitrogens is 6. The number of anilines is 6. The van der Waals surface area contributed by atoms with Gasteiger partial charge in [0.15, 0.2) is 0 Å². The van der Waals surface area contributed by atoms with E-state index in [4.69, 9.17) is 44.1 Å². The highest BCUT2D eigenvalue weighted by molar-refractivity contribution is 5.98. The molecule has 9 heterocycles. The number of fused-ring (bicyclic) bond motifs is 6. The number of aliphatic hydroxyl groups excluding tert-OH is 2. The molecule has 3 fully saturated rings. The van der Waals surface area contributed by atoms with Crippen LogP contribution in [0, 0.1) is 11.3 Å². The molecule has 3 aromatic heterocycles. The average molecular weight is 1550 g/mol. The molecule has 5 N–H and O–H groups in total. The molecule has 0 bridgehead atoms. The van der Waals surface area contributed by atoms with Gasteiger partial charge in [0.1, 0.15) is 34.7 Å². The maximum atomic E-state index is 12.4. The van der Waals surface area contributed by atoms with E-state index in [9.17, 15) is 45.2 Å². The summed E-state index contributed by atoms with van der Waals surface area (Å²) in [5.41, 5.74) is 8.82. The van der Waals surface area contributed by atoms with Crippen LogP contribution < -0.4 is 43.6 Å². The fourth-order valence-corrected chi connectivity index (χ4v) is 16.4. The van der Waals surface area contributed by atoms with Gasteiger partial charge in [-0.15, -0.1) is 0 Å². The minimum atomic E-state index is -0.247. The average Bonchev–Trinajstić information content (AvgIpc) is 0.770. The molecule has 15 rings (SSSR count). The lowest BCUT2D eigenvalue weighted by Crippen LogP contribution is -2.55. The van der Waals surface area contributed by atoms with Gasteiger partial charge in [-0.3, -0.25) is 14.4 Å². The maximum Gasteiger partial charge on any atom is 0.318 e. The molecule has 27 nitrogen and oxygen atoms in total. The van der Waals surface area contributed by atoms with Crippen molar-refractivity contribution in [2.45, 2.75) is 116 Å². The second-order valence-electron chi connectivity index (χ2n) is 29.3. The fourth-order valence-electron chi connectivity index (χ4n) is 16.4. The highest BCUT2D eigenvalue weighted by Gasteiger charge is 2.38. The summed E-state index contributed by atoms with van der Waals surface area (Å²) in [5, 5.41) is 66.3. The monoisotopic (exact) mass is 1550 g/mol. The van der Waals surface area contributed by atoms with Crippen LogP contribution in [0.15, 0.2) is 147 Å². The molecule has 3 saturated heterocycles. The topological polar surface area (TPSA) is 310 Å². The van der Waals surface area contributed by atoms with Gasteiger partial charge in [-0.2, -0.15) is 35.2 Å². The molecule has 114 heavy (non-hydrogen) atoms. The van der Waals surface area contributed by atoms with Gasteiger partial charge < -0.3 is 83.8 Å². The molecule has 3 unspecified atom stereocenters. The van der Waals surface area contributed by atoms with E-state index in [2.05, 4.69) is 73.4 Å². The first-order valence-corrected chi connectivity index (χ1v) is 39.7. The molecular weight excluding hydrogens is 1450 g/mol. The second-order valence-corrected chi connectivity index (χ2v) is 29.3. The summed E-state index contributed by atoms with van der Waals surface area (Å²) in [5.74, 6) is 2.81. The van der Waals surface area contributed by atoms with Gasteiger partial charge in [0.05, 0.1) is 87.2 Å². The van der Waals surface area contributed by atoms with Crippen molar-refractivity contribution in [3.05, 3.63) is 181 Å². The first kappa shape index (κ1) is 80.0. The number of rotatable bonds is 23. The number of carbonyl (C=O) groups is 3. The Balaban J connectivity index is 0.000000149. The number of benzene rings is 6. The number of carbonyl (C=O) groups excluding carboxylic acids is 3. The van der Waals surface area contributed by atoms with E-state index in [1.165, 1.54) is 18.2 Å². The Morgan fingerprint density at radius 1 is 0.456 bits per heavy atom. The number of phenolic OH excluding ortho intramolecular Hbond substituents is 3. The van der Waals surface area contributed by atoms with Gasteiger partial charge in [0.2, 0.25) is 17.7 Å². The Morgan fingerprint density at radius 3 is 1.23 bits per heavy atom. The van der Waals surface area contributed by atoms with Crippen LogP contribution in [0.1, 0.15) is 93.1 Å². The highest BCUT2D eigenvalue weighted by Crippen LogP contribution is 2.42. The summed E-state index contributed by atoms with van der Waals surface area (Å²) in [4.78, 5) is 84.7. The zero-order valence-electron chi connectivity index (χ0n) is 65.3. The van der Waals surface area contributed by atoms with Crippen molar-refractivity contribution in [2.24, 2.45) is 0 Å². The van der Waals surface area contributed by atoms with E-state index < -0.39 is 0 Å². The maximum absolute atomic E-state index is 12.4. The zero-order valence-corrected chi connectivity index (χ0v) is 65.3. The van der Waals surface area contributed by atoms with Crippen molar-refractivity contribution >= 4 is 84.6 Å². The number of aliphatic hydroxyl groups is 2. The molecule has 27 heteroatoms. The SMILES string of the molecule is C=CC(=O)N1CCN(c2nc(OCCC)nc3c2CCN(c2cc(O)cc4ccccc24)C3)C(CCO)C1.C=CC(=O)N1CCN(c2nc(OCCC)nc3c2CCN(c2cc(O)cc4ccccc24)C3)CC1CC#N.C=CC(=O)N1CCN(c2nc(OCCC)nc3c2CCN(c2cc(O)cc4ccccc24)C3)CC1CCO. The highest BCUT2D eigenvalue weighted by atomic mass is 16.5. The first-order chi connectivity index (χ1) is 55.5. The van der Waals surface area contributed by atoms with E-state index in [0.29, 0.717) is 129 Å². The van der Waals surface area contributed by atoms with Crippen LogP contribution in [0.4, 0.5) is 34.5 Å². The van der Waals surface area contributed by atoms with E-state index in [-0.39, 0.29) is 72.7 Å². The van der Waals surface area contributed by atoms with Crippen LogP contribution in [-0.4, -0.2) is 218 Å². The summed E-state index contributed by atoms with van der Waals surface area (Å²) in [6, 6.07) is 37.8. The lowest BCUT2D eigenvalue weighted by atomic mass is 10.00. The van der Waals surface area contributed by atoms with Gasteiger partial charge in [0, 0.05) is 160 Å². The van der Waals surface area contributed by atoms with Gasteiger partial charge in [0.25, 0.3) is 0 Å². The summed E-state index contributed by atoms with van der Waals surface area (Å²) in [6.07, 6.45) is 9.93. The van der Waals surface area contributed by atoms with Crippen molar-refractivity contribution in [2.75, 3.05) is 141 Å². The third-order valence-corrected chi connectivity index (χ3v) is 21.8. The predicted octanol–water partition coefficient (Wildman–Crippen LogP) is 10.3. The predicted molar refractivity (Wildman–Crippen MR) is 442 cm³/mol. The number of hydrogen-bond donors (Lipinski definition) is 5. The Labute approximate surface area is 664 Å². The molecule has 6 aliphatic heterocycles. The quantitative estimate of drug-likeness (QED) is 0.0372. The summed E-state index contributed by atoms with van der Waals surface area (Å²) >= 11 is 0. The van der Waals surface area contributed by atoms with E-state index in [0.717, 1.165) is 159 Å². The number of ether oxygens (including phenoxy) is 3. The molecule has 0 radical (unpaired) electrons. The third-order valence-electron chi connectivity index (χ3n) is 21.8. The fraction of sp³-hybridized carbons (Fsp3) is 0.402. The molecule has 0 aliphatic carbocycles. The lowest BCUT2D eigenvalue weighted by Gasteiger charge is -2.43. The van der Waals surface area contributed by atoms with Crippen LogP contribution in [-0.2, 0) is 53.3 Å². The minimum absolute atomic E-state index is 0.000983. The Hall–Kier alpha value is -12.0. The lowest BCUT2D eigenvalue weighted by molar-refractivity contribution is -0.129. The normalized spacial score (nSPS) is 17.3. The van der Waals surface area contributed by atoms with Crippen molar-refractivity contribution in [3.63, 3.8) is 0 Å². The van der Waals surface area contributed by atoms with E-state index in [1.807, 2.05) is 93.6 Å². The van der Waals surface area contributed by atoms with Gasteiger partial charge in [-0.1, -0.05) is 113 Å². The number of phenols is 3. The van der Waals surface area contributed by atoms with Crippen molar-refractivity contribution in [1.29, 1.82) is 5.26 Å². The summed E-state index contributed by atoms with van der Waals surface area (Å²) in [6.45, 7) is 27.4. The van der Waals surface area contributed by atoms with E-state index >= 15 is 0 Å². The van der Waals surface area contributed by atoms with Gasteiger partial charge >= 0.3 is 18.0 Å². The summed E-state index contributed by atoms with van der Waals surface area (Å²) in [7, 11) is 0. The molecular formula is C87H102N16O11. The Morgan fingerprint density at radius 2 is 0.833 bits per heavy atom. The molecule has 6 aromatic carbocycles. The zero-order chi connectivity index (χ0) is 79.9. The van der Waals surface area contributed by atoms with Gasteiger partial charge in [-0.05, 0) is 104 Å². The number of nitrogens with zero attached hydrogens (tertiary/aromatic N) is 16. The van der Waals surface area contributed by atoms with E-state index in [1.54, 1.807) is 32.9 Å². The second kappa shape index (κ2) is 37.1. The summed E-state index contributed by atoms with van der Waals surface area (Å²) < 4.78 is 17.7. The van der Waals surface area contributed by atoms with Crippen LogP contribution >= 0.6 is 0 Å². The van der Waals surface area contributed by atoms with Crippen molar-refractivity contribution in [3.8, 4) is 41.3 Å². The Bertz CT molecular complexity index is 5040. The molecule has 9 aromatic rings. The Kier molecular flexibility index (Phi) is 26.0. The molecule has 0 saturated carbocycles. The van der Waals surface area contributed by atoms with Crippen molar-refractivity contribution < 1.29 is 54.1 Å². The first-order valence-electron chi connectivity index (χ1n) is 39.7. The number of aromatic hydroxyl groups is 3. The van der Waals surface area contributed by atoms with Crippen LogP contribution in [0.2, 0.25) is 0 Å². The number of amides is 3. The third kappa shape index (κ3) is 17.9. The van der Waals surface area contributed by atoms with Crippen molar-refractivity contribution in [1.82, 2.24) is 44.6 Å². The molecule has 596 valence electrons. The van der Waals surface area contributed by atoms with Crippen LogP contribution in [0.3, 0.4) is 0 Å². The molecule has 3 amide bonds. The van der Waals surface area contributed by atoms with Crippen LogP contribution in [0.25, 0.3) is 32.3 Å². The largest absolute Gasteiger partial charge is 0.508 e. The molecule has 3 atom stereocenters. The molecule has 0 spiro atoms. The molecule has 6 aliphatic rings. The van der Waals surface area contributed by atoms with Gasteiger partial charge in [-0.25, -0.2) is 0 Å². The number of hydrogen-bond acceptors (Lipinski definition) is 24. The smallest absolute Gasteiger partial charge is 0.318 e. The number of piperazine rings is 3.